The van der Waals surface area contributed by atoms with E-state index in [1.54, 1.807) is 12.1 Å². The first-order valence-corrected chi connectivity index (χ1v) is 12.5. The Morgan fingerprint density at radius 1 is 1.00 bits per heavy atom. The number of halogens is 1. The highest BCUT2D eigenvalue weighted by Crippen LogP contribution is 2.26. The zero-order valence-electron chi connectivity index (χ0n) is 19.2. The van der Waals surface area contributed by atoms with Crippen molar-refractivity contribution in [1.29, 1.82) is 0 Å². The Kier molecular flexibility index (Phi) is 7.52. The number of rotatable bonds is 8. The fourth-order valence-electron chi connectivity index (χ4n) is 3.71. The third kappa shape index (κ3) is 5.90. The topological polar surface area (TPSA) is 88.2 Å². The summed E-state index contributed by atoms with van der Waals surface area (Å²) >= 11 is 0. The van der Waals surface area contributed by atoms with E-state index in [0.29, 0.717) is 24.7 Å². The smallest absolute Gasteiger partial charge is 0.264 e. The molecule has 0 aliphatic carbocycles. The van der Waals surface area contributed by atoms with Crippen LogP contribution in [0.5, 0.6) is 5.75 Å². The number of morpholine rings is 1. The Bertz CT molecular complexity index is 1240. The van der Waals surface area contributed by atoms with Gasteiger partial charge in [-0.05, 0) is 72.8 Å². The summed E-state index contributed by atoms with van der Waals surface area (Å²) in [6.45, 7) is 2.43. The van der Waals surface area contributed by atoms with Gasteiger partial charge in [-0.2, -0.15) is 0 Å². The standard InChI is InChI=1S/C25H26FN3O5S/c1-33-23-10-12-24(13-11-23)35(31,32)29(22-6-2-19(26)3-7-22)18-25(30)27-20-4-8-21(9-5-20)28-14-16-34-17-15-28/h2-13H,14-18H2,1H3,(H,27,30). The largest absolute Gasteiger partial charge is 0.497 e. The first kappa shape index (κ1) is 24.5. The number of carbonyl (C=O) groups excluding carboxylic acids is 1. The monoisotopic (exact) mass is 499 g/mol. The molecule has 1 amide bonds. The lowest BCUT2D eigenvalue weighted by Gasteiger charge is -2.29. The Morgan fingerprint density at radius 3 is 2.23 bits per heavy atom. The summed E-state index contributed by atoms with van der Waals surface area (Å²) < 4.78 is 51.8. The zero-order chi connectivity index (χ0) is 24.8. The molecule has 4 rings (SSSR count). The Balaban J connectivity index is 1.53. The molecule has 0 aromatic heterocycles. The van der Waals surface area contributed by atoms with Crippen molar-refractivity contribution in [2.24, 2.45) is 0 Å². The van der Waals surface area contributed by atoms with Gasteiger partial charge in [-0.25, -0.2) is 12.8 Å². The van der Waals surface area contributed by atoms with E-state index in [2.05, 4.69) is 10.2 Å². The average molecular weight is 500 g/mol. The normalized spacial score (nSPS) is 13.8. The number of hydrogen-bond acceptors (Lipinski definition) is 6. The number of ether oxygens (including phenoxy) is 2. The minimum absolute atomic E-state index is 0.0229. The van der Waals surface area contributed by atoms with Crippen molar-refractivity contribution in [2.45, 2.75) is 4.90 Å². The average Bonchev–Trinajstić information content (AvgIpc) is 2.89. The molecule has 1 heterocycles. The third-order valence-electron chi connectivity index (χ3n) is 5.58. The number of nitrogens with zero attached hydrogens (tertiary/aromatic N) is 2. The molecule has 1 aliphatic rings. The summed E-state index contributed by atoms with van der Waals surface area (Å²) in [7, 11) is -2.65. The van der Waals surface area contributed by atoms with Crippen molar-refractivity contribution in [1.82, 2.24) is 0 Å². The molecule has 3 aromatic rings. The number of carbonyl (C=O) groups is 1. The van der Waals surface area contributed by atoms with E-state index in [0.717, 1.165) is 35.2 Å². The second-order valence-electron chi connectivity index (χ2n) is 7.86. The molecule has 3 aromatic carbocycles. The fraction of sp³-hybridized carbons (Fsp3) is 0.240. The number of amides is 1. The number of nitrogens with one attached hydrogen (secondary N) is 1. The van der Waals surface area contributed by atoms with Crippen LogP contribution in [0.2, 0.25) is 0 Å². The molecule has 0 atom stereocenters. The van der Waals surface area contributed by atoms with E-state index in [1.165, 1.54) is 43.5 Å². The van der Waals surface area contributed by atoms with E-state index < -0.39 is 28.3 Å². The van der Waals surface area contributed by atoms with Crippen LogP contribution < -0.4 is 19.3 Å². The fourth-order valence-corrected chi connectivity index (χ4v) is 5.13. The number of benzene rings is 3. The lowest BCUT2D eigenvalue weighted by atomic mass is 10.2. The number of anilines is 3. The Hall–Kier alpha value is -3.63. The predicted octanol–water partition coefficient (Wildman–Crippen LogP) is 3.50. The van der Waals surface area contributed by atoms with Gasteiger partial charge in [0.1, 0.15) is 18.1 Å². The van der Waals surface area contributed by atoms with Gasteiger partial charge in [-0.3, -0.25) is 9.10 Å². The van der Waals surface area contributed by atoms with Gasteiger partial charge in [0, 0.05) is 24.5 Å². The van der Waals surface area contributed by atoms with Crippen LogP contribution in [0.4, 0.5) is 21.5 Å². The highest BCUT2D eigenvalue weighted by molar-refractivity contribution is 7.92. The summed E-state index contributed by atoms with van der Waals surface area (Å²) in [6.07, 6.45) is 0. The van der Waals surface area contributed by atoms with E-state index >= 15 is 0 Å². The molecule has 35 heavy (non-hydrogen) atoms. The van der Waals surface area contributed by atoms with Gasteiger partial charge in [0.2, 0.25) is 5.91 Å². The van der Waals surface area contributed by atoms with Crippen LogP contribution in [0, 0.1) is 5.82 Å². The molecule has 0 saturated carbocycles. The molecule has 1 fully saturated rings. The van der Waals surface area contributed by atoms with Gasteiger partial charge in [-0.1, -0.05) is 0 Å². The number of hydrogen-bond donors (Lipinski definition) is 1. The highest BCUT2D eigenvalue weighted by Gasteiger charge is 2.27. The minimum Gasteiger partial charge on any atom is -0.497 e. The van der Waals surface area contributed by atoms with Crippen LogP contribution in [0.15, 0.2) is 77.7 Å². The van der Waals surface area contributed by atoms with Gasteiger partial charge in [0.25, 0.3) is 10.0 Å². The SMILES string of the molecule is COc1ccc(S(=O)(=O)N(CC(=O)Nc2ccc(N3CCOCC3)cc2)c2ccc(F)cc2)cc1. The van der Waals surface area contributed by atoms with Crippen LogP contribution in [0.1, 0.15) is 0 Å². The summed E-state index contributed by atoms with van der Waals surface area (Å²) in [5, 5.41) is 2.74. The molecular formula is C25H26FN3O5S. The Labute approximate surface area is 203 Å². The second kappa shape index (κ2) is 10.7. The maximum atomic E-state index is 13.5. The second-order valence-corrected chi connectivity index (χ2v) is 9.72. The lowest BCUT2D eigenvalue weighted by molar-refractivity contribution is -0.114. The molecule has 0 radical (unpaired) electrons. The summed E-state index contributed by atoms with van der Waals surface area (Å²) in [5.41, 5.74) is 1.72. The van der Waals surface area contributed by atoms with Gasteiger partial charge in [0.05, 0.1) is 30.9 Å². The van der Waals surface area contributed by atoms with Crippen molar-refractivity contribution >= 4 is 33.0 Å². The third-order valence-corrected chi connectivity index (χ3v) is 7.36. The molecule has 0 spiro atoms. The zero-order valence-corrected chi connectivity index (χ0v) is 20.0. The first-order chi connectivity index (χ1) is 16.9. The van der Waals surface area contributed by atoms with Crippen LogP contribution in [-0.2, 0) is 19.6 Å². The van der Waals surface area contributed by atoms with Gasteiger partial charge < -0.3 is 19.7 Å². The van der Waals surface area contributed by atoms with Gasteiger partial charge in [-0.15, -0.1) is 0 Å². The van der Waals surface area contributed by atoms with Gasteiger partial charge >= 0.3 is 0 Å². The van der Waals surface area contributed by atoms with Crippen LogP contribution in [0.3, 0.4) is 0 Å². The molecule has 0 unspecified atom stereocenters. The molecule has 8 nitrogen and oxygen atoms in total. The molecule has 0 bridgehead atoms. The quantitative estimate of drug-likeness (QED) is 0.511. The van der Waals surface area contributed by atoms with Crippen molar-refractivity contribution in [3.63, 3.8) is 0 Å². The molecule has 184 valence electrons. The number of sulfonamides is 1. The van der Waals surface area contributed by atoms with E-state index in [-0.39, 0.29) is 10.6 Å². The van der Waals surface area contributed by atoms with Gasteiger partial charge in [0.15, 0.2) is 0 Å². The van der Waals surface area contributed by atoms with E-state index in [9.17, 15) is 17.6 Å². The number of methoxy groups -OCH3 is 1. The molecule has 1 saturated heterocycles. The maximum absolute atomic E-state index is 13.5. The summed E-state index contributed by atoms with van der Waals surface area (Å²) in [6, 6.07) is 18.1. The predicted molar refractivity (Wildman–Crippen MR) is 132 cm³/mol. The molecular weight excluding hydrogens is 473 g/mol. The summed E-state index contributed by atoms with van der Waals surface area (Å²) in [5.74, 6) is -0.554. The minimum atomic E-state index is -4.12. The molecule has 1 aliphatic heterocycles. The Morgan fingerprint density at radius 2 is 1.63 bits per heavy atom. The van der Waals surface area contributed by atoms with Crippen LogP contribution in [-0.4, -0.2) is 54.3 Å². The van der Waals surface area contributed by atoms with Crippen molar-refractivity contribution in [2.75, 3.05) is 54.5 Å². The first-order valence-electron chi connectivity index (χ1n) is 11.0. The highest BCUT2D eigenvalue weighted by atomic mass is 32.2. The molecule has 10 heteroatoms. The van der Waals surface area contributed by atoms with Crippen molar-refractivity contribution in [3.05, 3.63) is 78.6 Å². The van der Waals surface area contributed by atoms with E-state index in [1.807, 2.05) is 12.1 Å². The van der Waals surface area contributed by atoms with Crippen LogP contribution in [0.25, 0.3) is 0 Å². The lowest BCUT2D eigenvalue weighted by Crippen LogP contribution is -2.38. The maximum Gasteiger partial charge on any atom is 0.264 e. The van der Waals surface area contributed by atoms with Crippen molar-refractivity contribution < 1.29 is 27.1 Å². The summed E-state index contributed by atoms with van der Waals surface area (Å²) in [4.78, 5) is 15.1. The molecule has 1 N–H and O–H groups in total. The van der Waals surface area contributed by atoms with Crippen molar-refractivity contribution in [3.8, 4) is 5.75 Å². The van der Waals surface area contributed by atoms with Crippen LogP contribution >= 0.6 is 0 Å². The van der Waals surface area contributed by atoms with E-state index in [4.69, 9.17) is 9.47 Å².